The highest BCUT2D eigenvalue weighted by Gasteiger charge is 2.23. The average Bonchev–Trinajstić information content (AvgIpc) is 2.49. The first-order valence-electron chi connectivity index (χ1n) is 7.57. The molecule has 2 aromatic rings. The number of fused-ring (bicyclic) bond motifs is 1. The summed E-state index contributed by atoms with van der Waals surface area (Å²) in [4.78, 5) is 8.96. The van der Waals surface area contributed by atoms with Gasteiger partial charge in [-0.1, -0.05) is 24.3 Å². The summed E-state index contributed by atoms with van der Waals surface area (Å²) in [5.74, 6) is 0. The minimum atomic E-state index is 0.590. The summed E-state index contributed by atoms with van der Waals surface area (Å²) in [6.45, 7) is 3.13. The molecule has 0 saturated carbocycles. The van der Waals surface area contributed by atoms with E-state index in [0.717, 1.165) is 26.1 Å². The zero-order valence-electron chi connectivity index (χ0n) is 12.9. The van der Waals surface area contributed by atoms with Crippen molar-refractivity contribution >= 4 is 0 Å². The van der Waals surface area contributed by atoms with Gasteiger partial charge in [-0.05, 0) is 49.3 Å². The number of hydrogen-bond acceptors (Lipinski definition) is 3. The number of hydrogen-bond donors (Lipinski definition) is 0. The van der Waals surface area contributed by atoms with Crippen LogP contribution in [0, 0.1) is 0 Å². The molecule has 0 amide bonds. The van der Waals surface area contributed by atoms with E-state index in [1.54, 1.807) is 0 Å². The highest BCUT2D eigenvalue weighted by Crippen LogP contribution is 2.22. The molecule has 1 aromatic heterocycles. The van der Waals surface area contributed by atoms with Crippen molar-refractivity contribution in [2.45, 2.75) is 25.6 Å². The Bertz CT molecular complexity index is 582. The molecule has 0 radical (unpaired) electrons. The lowest BCUT2D eigenvalue weighted by atomic mass is 9.94. The molecule has 0 saturated heterocycles. The predicted octanol–water partition coefficient (Wildman–Crippen LogP) is 2.57. The van der Waals surface area contributed by atoms with Crippen molar-refractivity contribution in [3.8, 4) is 0 Å². The highest BCUT2D eigenvalue weighted by molar-refractivity contribution is 5.30. The first-order valence-corrected chi connectivity index (χ1v) is 7.57. The molecule has 3 nitrogen and oxygen atoms in total. The zero-order chi connectivity index (χ0) is 14.7. The molecule has 2 heterocycles. The third-order valence-electron chi connectivity index (χ3n) is 4.34. The molecule has 0 unspecified atom stereocenters. The molecule has 0 spiro atoms. The maximum absolute atomic E-state index is 4.08. The topological polar surface area (TPSA) is 19.4 Å². The first kappa shape index (κ1) is 14.2. The van der Waals surface area contributed by atoms with Crippen molar-refractivity contribution in [2.75, 3.05) is 20.6 Å². The Balaban J connectivity index is 1.63. The summed E-state index contributed by atoms with van der Waals surface area (Å²) in [5, 5.41) is 0. The molecule has 0 aliphatic carbocycles. The minimum absolute atomic E-state index is 0.590. The monoisotopic (exact) mass is 281 g/mol. The molecule has 3 rings (SSSR count). The quantitative estimate of drug-likeness (QED) is 0.858. The summed E-state index contributed by atoms with van der Waals surface area (Å²) in [6, 6.07) is 13.6. The van der Waals surface area contributed by atoms with E-state index in [1.165, 1.54) is 16.7 Å². The smallest absolute Gasteiger partial charge is 0.0271 e. The van der Waals surface area contributed by atoms with Crippen molar-refractivity contribution in [2.24, 2.45) is 0 Å². The van der Waals surface area contributed by atoms with Crippen LogP contribution in [0.1, 0.15) is 16.7 Å². The Labute approximate surface area is 127 Å². The second kappa shape index (κ2) is 6.37. The maximum atomic E-state index is 4.08. The second-order valence-electron chi connectivity index (χ2n) is 6.09. The van der Waals surface area contributed by atoms with E-state index in [2.05, 4.69) is 65.3 Å². The van der Waals surface area contributed by atoms with E-state index in [1.807, 2.05) is 12.4 Å². The van der Waals surface area contributed by atoms with Crippen LogP contribution in [0.3, 0.4) is 0 Å². The SMILES string of the molecule is CN(Cc1ccncc1)C[C@H]1Cc2ccccc2CN1C. The third kappa shape index (κ3) is 3.49. The van der Waals surface area contributed by atoms with Gasteiger partial charge in [-0.15, -0.1) is 0 Å². The van der Waals surface area contributed by atoms with Crippen LogP contribution in [0.25, 0.3) is 0 Å². The van der Waals surface area contributed by atoms with E-state index < -0.39 is 0 Å². The van der Waals surface area contributed by atoms with Crippen molar-refractivity contribution in [1.29, 1.82) is 0 Å². The molecule has 1 aliphatic heterocycles. The Morgan fingerprint density at radius 3 is 2.62 bits per heavy atom. The normalized spacial score (nSPS) is 18.7. The Morgan fingerprint density at radius 2 is 1.86 bits per heavy atom. The molecule has 21 heavy (non-hydrogen) atoms. The summed E-state index contributed by atoms with van der Waals surface area (Å²) < 4.78 is 0. The van der Waals surface area contributed by atoms with Gasteiger partial charge >= 0.3 is 0 Å². The van der Waals surface area contributed by atoms with Crippen LogP contribution < -0.4 is 0 Å². The van der Waals surface area contributed by atoms with Crippen LogP contribution in [0.5, 0.6) is 0 Å². The van der Waals surface area contributed by atoms with Crippen LogP contribution in [0.2, 0.25) is 0 Å². The van der Waals surface area contributed by atoms with Crippen LogP contribution in [-0.2, 0) is 19.5 Å². The molecular weight excluding hydrogens is 258 g/mol. The number of benzene rings is 1. The maximum Gasteiger partial charge on any atom is 0.0271 e. The summed E-state index contributed by atoms with van der Waals surface area (Å²) >= 11 is 0. The Kier molecular flexibility index (Phi) is 4.32. The van der Waals surface area contributed by atoms with Crippen molar-refractivity contribution in [3.05, 3.63) is 65.5 Å². The molecule has 3 heteroatoms. The zero-order valence-corrected chi connectivity index (χ0v) is 12.9. The van der Waals surface area contributed by atoms with Crippen LogP contribution in [-0.4, -0.2) is 41.5 Å². The Morgan fingerprint density at radius 1 is 1.14 bits per heavy atom. The van der Waals surface area contributed by atoms with Gasteiger partial charge in [0.15, 0.2) is 0 Å². The van der Waals surface area contributed by atoms with Gasteiger partial charge in [-0.2, -0.15) is 0 Å². The van der Waals surface area contributed by atoms with Gasteiger partial charge in [0.2, 0.25) is 0 Å². The van der Waals surface area contributed by atoms with E-state index in [9.17, 15) is 0 Å². The van der Waals surface area contributed by atoms with Gasteiger partial charge in [0, 0.05) is 38.1 Å². The lowest BCUT2D eigenvalue weighted by Crippen LogP contribution is -2.44. The molecule has 1 aromatic carbocycles. The number of pyridine rings is 1. The lowest BCUT2D eigenvalue weighted by molar-refractivity contribution is 0.158. The fraction of sp³-hybridized carbons (Fsp3) is 0.389. The summed E-state index contributed by atoms with van der Waals surface area (Å²) in [7, 11) is 4.44. The molecule has 0 N–H and O–H groups in total. The van der Waals surface area contributed by atoms with Gasteiger partial charge in [0.1, 0.15) is 0 Å². The van der Waals surface area contributed by atoms with E-state index >= 15 is 0 Å². The predicted molar refractivity (Wildman–Crippen MR) is 86.0 cm³/mol. The van der Waals surface area contributed by atoms with E-state index in [0.29, 0.717) is 6.04 Å². The number of rotatable bonds is 4. The van der Waals surface area contributed by atoms with Gasteiger partial charge < -0.3 is 4.90 Å². The van der Waals surface area contributed by atoms with Gasteiger partial charge in [0.05, 0.1) is 0 Å². The minimum Gasteiger partial charge on any atom is -0.301 e. The highest BCUT2D eigenvalue weighted by atomic mass is 15.2. The fourth-order valence-corrected chi connectivity index (χ4v) is 3.15. The first-order chi connectivity index (χ1) is 10.2. The molecule has 110 valence electrons. The lowest BCUT2D eigenvalue weighted by Gasteiger charge is -2.36. The third-order valence-corrected chi connectivity index (χ3v) is 4.34. The van der Waals surface area contributed by atoms with E-state index in [-0.39, 0.29) is 0 Å². The second-order valence-corrected chi connectivity index (χ2v) is 6.09. The van der Waals surface area contributed by atoms with Crippen LogP contribution in [0.4, 0.5) is 0 Å². The standard InChI is InChI=1S/C18H23N3/c1-20(12-15-7-9-19-10-8-15)14-18-11-16-5-3-4-6-17(16)13-21(18)2/h3-10,18H,11-14H2,1-2H3/t18-/m1/s1. The van der Waals surface area contributed by atoms with Gasteiger partial charge in [-0.3, -0.25) is 9.88 Å². The largest absolute Gasteiger partial charge is 0.301 e. The van der Waals surface area contributed by atoms with Crippen LogP contribution >= 0.6 is 0 Å². The molecule has 1 atom stereocenters. The fourth-order valence-electron chi connectivity index (χ4n) is 3.15. The molecule has 0 fully saturated rings. The number of nitrogens with zero attached hydrogens (tertiary/aromatic N) is 3. The summed E-state index contributed by atoms with van der Waals surface area (Å²) in [5.41, 5.74) is 4.32. The van der Waals surface area contributed by atoms with Gasteiger partial charge in [-0.25, -0.2) is 0 Å². The Hall–Kier alpha value is -1.71. The van der Waals surface area contributed by atoms with Crippen LogP contribution in [0.15, 0.2) is 48.8 Å². The molecule has 0 bridgehead atoms. The molecular formula is C18H23N3. The number of aromatic nitrogens is 1. The van der Waals surface area contributed by atoms with Crippen molar-refractivity contribution in [3.63, 3.8) is 0 Å². The van der Waals surface area contributed by atoms with Crippen molar-refractivity contribution in [1.82, 2.24) is 14.8 Å². The summed E-state index contributed by atoms with van der Waals surface area (Å²) in [6.07, 6.45) is 4.88. The average molecular weight is 281 g/mol. The van der Waals surface area contributed by atoms with Gasteiger partial charge in [0.25, 0.3) is 0 Å². The van der Waals surface area contributed by atoms with Crippen molar-refractivity contribution < 1.29 is 0 Å². The van der Waals surface area contributed by atoms with E-state index in [4.69, 9.17) is 0 Å². The molecule has 1 aliphatic rings. The number of likely N-dealkylation sites (N-methyl/N-ethyl adjacent to an activating group) is 2.